The number of amides is 1. The van der Waals surface area contributed by atoms with Gasteiger partial charge in [0.15, 0.2) is 17.7 Å². The summed E-state index contributed by atoms with van der Waals surface area (Å²) in [5.74, 6) is -2.14. The molecular formula is C15H13F2NO2. The number of hydrogen-bond donors (Lipinski definition) is 1. The Morgan fingerprint density at radius 3 is 2.50 bits per heavy atom. The van der Waals surface area contributed by atoms with Crippen LogP contribution in [-0.4, -0.2) is 12.0 Å². The van der Waals surface area contributed by atoms with E-state index in [0.29, 0.717) is 5.75 Å². The van der Waals surface area contributed by atoms with Crippen LogP contribution in [0.1, 0.15) is 6.92 Å². The highest BCUT2D eigenvalue weighted by Crippen LogP contribution is 2.17. The van der Waals surface area contributed by atoms with Gasteiger partial charge in [-0.05, 0) is 31.2 Å². The zero-order valence-electron chi connectivity index (χ0n) is 10.8. The zero-order valence-corrected chi connectivity index (χ0v) is 10.8. The van der Waals surface area contributed by atoms with Crippen LogP contribution in [0, 0.1) is 11.6 Å². The molecule has 0 radical (unpaired) electrons. The molecule has 0 aromatic heterocycles. The molecular weight excluding hydrogens is 264 g/mol. The van der Waals surface area contributed by atoms with Crippen LogP contribution in [0.3, 0.4) is 0 Å². The smallest absolute Gasteiger partial charge is 0.265 e. The van der Waals surface area contributed by atoms with Crippen molar-refractivity contribution < 1.29 is 18.3 Å². The molecule has 0 bridgehead atoms. The van der Waals surface area contributed by atoms with Gasteiger partial charge >= 0.3 is 0 Å². The van der Waals surface area contributed by atoms with Crippen LogP contribution in [0.2, 0.25) is 0 Å². The Balaban J connectivity index is 2.03. The Morgan fingerprint density at radius 1 is 1.10 bits per heavy atom. The highest BCUT2D eigenvalue weighted by atomic mass is 19.2. The van der Waals surface area contributed by atoms with E-state index in [2.05, 4.69) is 5.32 Å². The number of hydrogen-bond acceptors (Lipinski definition) is 2. The van der Waals surface area contributed by atoms with Crippen LogP contribution in [-0.2, 0) is 4.79 Å². The lowest BCUT2D eigenvalue weighted by Gasteiger charge is -2.15. The molecule has 20 heavy (non-hydrogen) atoms. The minimum atomic E-state index is -1.09. The molecule has 2 aromatic rings. The molecule has 0 spiro atoms. The molecule has 0 aliphatic rings. The van der Waals surface area contributed by atoms with Gasteiger partial charge in [0.05, 0.1) is 5.69 Å². The molecule has 104 valence electrons. The quantitative estimate of drug-likeness (QED) is 0.930. The number of benzene rings is 2. The van der Waals surface area contributed by atoms with E-state index in [9.17, 15) is 13.6 Å². The molecule has 0 aliphatic heterocycles. The Hall–Kier alpha value is -2.43. The average Bonchev–Trinajstić information content (AvgIpc) is 2.45. The summed E-state index contributed by atoms with van der Waals surface area (Å²) in [5, 5.41) is 2.29. The summed E-state index contributed by atoms with van der Waals surface area (Å²) in [7, 11) is 0. The maximum atomic E-state index is 13.4. The van der Waals surface area contributed by atoms with Crippen LogP contribution < -0.4 is 10.1 Å². The Morgan fingerprint density at radius 2 is 1.80 bits per heavy atom. The van der Waals surface area contributed by atoms with E-state index in [-0.39, 0.29) is 5.69 Å². The third-order valence-corrected chi connectivity index (χ3v) is 2.63. The predicted octanol–water partition coefficient (Wildman–Crippen LogP) is 3.37. The van der Waals surface area contributed by atoms with Crippen molar-refractivity contribution in [3.63, 3.8) is 0 Å². The molecule has 2 aromatic carbocycles. The standard InChI is InChI=1S/C15H13F2NO2/c1-10(20-11-6-3-2-4-7-11)15(19)18-13-9-5-8-12(16)14(13)17/h2-10H,1H3,(H,18,19). The molecule has 1 atom stereocenters. The second-order valence-electron chi connectivity index (χ2n) is 4.16. The minimum Gasteiger partial charge on any atom is -0.481 e. The SMILES string of the molecule is CC(Oc1ccccc1)C(=O)Nc1cccc(F)c1F. The number of para-hydroxylation sites is 1. The number of anilines is 1. The van der Waals surface area contributed by atoms with Gasteiger partial charge in [-0.25, -0.2) is 8.78 Å². The highest BCUT2D eigenvalue weighted by Gasteiger charge is 2.17. The number of halogens is 2. The van der Waals surface area contributed by atoms with Crippen molar-refractivity contribution in [1.82, 2.24) is 0 Å². The first-order chi connectivity index (χ1) is 9.58. The first-order valence-electron chi connectivity index (χ1n) is 6.04. The summed E-state index contributed by atoms with van der Waals surface area (Å²) in [6, 6.07) is 12.3. The van der Waals surface area contributed by atoms with Gasteiger partial charge in [-0.15, -0.1) is 0 Å². The fourth-order valence-corrected chi connectivity index (χ4v) is 1.59. The van der Waals surface area contributed by atoms with Crippen molar-refractivity contribution in [3.8, 4) is 5.75 Å². The second kappa shape index (κ2) is 6.14. The molecule has 2 rings (SSSR count). The van der Waals surface area contributed by atoms with Gasteiger partial charge in [-0.3, -0.25) is 4.79 Å². The molecule has 0 saturated carbocycles. The first-order valence-corrected chi connectivity index (χ1v) is 6.04. The molecule has 0 saturated heterocycles. The summed E-state index contributed by atoms with van der Waals surface area (Å²) in [6.07, 6.45) is -0.833. The number of rotatable bonds is 4. The summed E-state index contributed by atoms with van der Waals surface area (Å²) in [5.41, 5.74) is -0.210. The predicted molar refractivity (Wildman–Crippen MR) is 71.5 cm³/mol. The lowest BCUT2D eigenvalue weighted by atomic mass is 10.2. The zero-order chi connectivity index (χ0) is 14.5. The summed E-state index contributed by atoms with van der Waals surface area (Å²) in [6.45, 7) is 1.53. The second-order valence-corrected chi connectivity index (χ2v) is 4.16. The van der Waals surface area contributed by atoms with Gasteiger partial charge in [-0.1, -0.05) is 24.3 Å². The third-order valence-electron chi connectivity index (χ3n) is 2.63. The number of carbonyl (C=O) groups excluding carboxylic acids is 1. The van der Waals surface area contributed by atoms with Crippen LogP contribution in [0.5, 0.6) is 5.75 Å². The van der Waals surface area contributed by atoms with E-state index in [1.54, 1.807) is 24.3 Å². The van der Waals surface area contributed by atoms with Crippen molar-refractivity contribution in [2.24, 2.45) is 0 Å². The molecule has 1 unspecified atom stereocenters. The van der Waals surface area contributed by atoms with E-state index in [1.807, 2.05) is 6.07 Å². The topological polar surface area (TPSA) is 38.3 Å². The van der Waals surface area contributed by atoms with Gasteiger partial charge in [0, 0.05) is 0 Å². The largest absolute Gasteiger partial charge is 0.481 e. The molecule has 1 amide bonds. The molecule has 0 aliphatic carbocycles. The van der Waals surface area contributed by atoms with Gasteiger partial charge < -0.3 is 10.1 Å². The normalized spacial score (nSPS) is 11.8. The van der Waals surface area contributed by atoms with E-state index in [0.717, 1.165) is 6.07 Å². The van der Waals surface area contributed by atoms with Crippen LogP contribution >= 0.6 is 0 Å². The monoisotopic (exact) mass is 277 g/mol. The van der Waals surface area contributed by atoms with Gasteiger partial charge in [-0.2, -0.15) is 0 Å². The number of carbonyl (C=O) groups is 1. The summed E-state index contributed by atoms with van der Waals surface area (Å²) < 4.78 is 31.8. The van der Waals surface area contributed by atoms with Crippen LogP contribution in [0.15, 0.2) is 48.5 Å². The van der Waals surface area contributed by atoms with Gasteiger partial charge in [0.25, 0.3) is 5.91 Å². The van der Waals surface area contributed by atoms with E-state index in [1.165, 1.54) is 19.1 Å². The molecule has 0 fully saturated rings. The van der Waals surface area contributed by atoms with Gasteiger partial charge in [0.1, 0.15) is 5.75 Å². The van der Waals surface area contributed by atoms with Crippen molar-refractivity contribution in [1.29, 1.82) is 0 Å². The number of nitrogens with one attached hydrogen (secondary N) is 1. The molecule has 0 heterocycles. The van der Waals surface area contributed by atoms with Gasteiger partial charge in [0.2, 0.25) is 0 Å². The fraction of sp³-hybridized carbons (Fsp3) is 0.133. The molecule has 1 N–H and O–H groups in total. The van der Waals surface area contributed by atoms with Crippen molar-refractivity contribution in [2.45, 2.75) is 13.0 Å². The highest BCUT2D eigenvalue weighted by molar-refractivity contribution is 5.94. The number of ether oxygens (including phenoxy) is 1. The first kappa shape index (κ1) is 14.0. The average molecular weight is 277 g/mol. The van der Waals surface area contributed by atoms with E-state index in [4.69, 9.17) is 4.74 Å². The molecule has 3 nitrogen and oxygen atoms in total. The summed E-state index contributed by atoms with van der Waals surface area (Å²) >= 11 is 0. The van der Waals surface area contributed by atoms with E-state index < -0.39 is 23.6 Å². The lowest BCUT2D eigenvalue weighted by Crippen LogP contribution is -2.30. The van der Waals surface area contributed by atoms with Crippen molar-refractivity contribution >= 4 is 11.6 Å². The van der Waals surface area contributed by atoms with Crippen LogP contribution in [0.4, 0.5) is 14.5 Å². The van der Waals surface area contributed by atoms with E-state index >= 15 is 0 Å². The maximum Gasteiger partial charge on any atom is 0.265 e. The third kappa shape index (κ3) is 3.32. The minimum absolute atomic E-state index is 0.210. The van der Waals surface area contributed by atoms with Crippen LogP contribution in [0.25, 0.3) is 0 Å². The summed E-state index contributed by atoms with van der Waals surface area (Å²) in [4.78, 5) is 11.9. The lowest BCUT2D eigenvalue weighted by molar-refractivity contribution is -0.122. The Labute approximate surface area is 115 Å². The molecule has 5 heteroatoms. The maximum absolute atomic E-state index is 13.4. The fourth-order valence-electron chi connectivity index (χ4n) is 1.59. The van der Waals surface area contributed by atoms with Crippen molar-refractivity contribution in [2.75, 3.05) is 5.32 Å². The Bertz CT molecular complexity index is 602. The van der Waals surface area contributed by atoms with Crippen molar-refractivity contribution in [3.05, 3.63) is 60.2 Å². The Kier molecular flexibility index (Phi) is 4.30.